The number of anilines is 1. The van der Waals surface area contributed by atoms with Crippen molar-refractivity contribution in [1.82, 2.24) is 4.72 Å². The zero-order valence-electron chi connectivity index (χ0n) is 16.5. The average molecular weight is 441 g/mol. The number of hydrogen-bond acceptors (Lipinski definition) is 7. The third-order valence-electron chi connectivity index (χ3n) is 4.99. The van der Waals surface area contributed by atoms with Crippen LogP contribution in [0.15, 0.2) is 52.4 Å². The normalized spacial score (nSPS) is 18.4. The van der Waals surface area contributed by atoms with E-state index in [0.717, 1.165) is 5.56 Å². The summed E-state index contributed by atoms with van der Waals surface area (Å²) in [7, 11) is -3.71. The molecule has 0 bridgehead atoms. The molecule has 0 aliphatic carbocycles. The number of Topliss-reactive ketones (excluding diaryl/α,β-unsaturated/α-hetero) is 1. The van der Waals surface area contributed by atoms with E-state index in [1.54, 1.807) is 36.4 Å². The summed E-state index contributed by atoms with van der Waals surface area (Å²) in [5, 5.41) is 2.74. The number of amides is 1. The van der Waals surface area contributed by atoms with Crippen LogP contribution in [0.25, 0.3) is 0 Å². The van der Waals surface area contributed by atoms with Crippen LogP contribution in [0.2, 0.25) is 0 Å². The Kier molecular flexibility index (Phi) is 5.32. The molecule has 31 heavy (non-hydrogen) atoms. The fourth-order valence-electron chi connectivity index (χ4n) is 3.37. The Bertz CT molecular complexity index is 1240. The number of rotatable bonds is 5. The SMILES string of the molecule is CC(N=C1NS(=O)(=O)c2ccccc21)C(=O)OCC(=O)c1ccc2c(c1)CCC(=O)N2. The zero-order chi connectivity index (χ0) is 22.2. The van der Waals surface area contributed by atoms with Gasteiger partial charge in [-0.1, -0.05) is 12.1 Å². The van der Waals surface area contributed by atoms with Crippen LogP contribution in [0.1, 0.15) is 34.8 Å². The summed E-state index contributed by atoms with van der Waals surface area (Å²) in [6.07, 6.45) is 0.887. The van der Waals surface area contributed by atoms with Gasteiger partial charge in [0.25, 0.3) is 10.0 Å². The van der Waals surface area contributed by atoms with Crippen LogP contribution in [0.3, 0.4) is 0 Å². The minimum absolute atomic E-state index is 0.0584. The largest absolute Gasteiger partial charge is 0.456 e. The van der Waals surface area contributed by atoms with Crippen LogP contribution in [0.4, 0.5) is 5.69 Å². The number of amidine groups is 1. The van der Waals surface area contributed by atoms with Gasteiger partial charge < -0.3 is 10.1 Å². The number of carbonyl (C=O) groups is 3. The predicted molar refractivity (Wildman–Crippen MR) is 111 cm³/mol. The number of aryl methyl sites for hydroxylation is 1. The van der Waals surface area contributed by atoms with Crippen molar-refractivity contribution in [3.8, 4) is 0 Å². The molecule has 2 heterocycles. The topological polar surface area (TPSA) is 131 Å². The van der Waals surface area contributed by atoms with Crippen LogP contribution in [-0.4, -0.2) is 44.6 Å². The maximum absolute atomic E-state index is 12.4. The van der Waals surface area contributed by atoms with Crippen molar-refractivity contribution in [2.75, 3.05) is 11.9 Å². The Balaban J connectivity index is 1.41. The highest BCUT2D eigenvalue weighted by atomic mass is 32.2. The number of hydrogen-bond donors (Lipinski definition) is 2. The predicted octanol–water partition coefficient (Wildman–Crippen LogP) is 1.42. The lowest BCUT2D eigenvalue weighted by Gasteiger charge is -2.17. The van der Waals surface area contributed by atoms with Gasteiger partial charge in [0.05, 0.1) is 4.90 Å². The van der Waals surface area contributed by atoms with E-state index < -0.39 is 28.6 Å². The molecule has 10 heteroatoms. The first-order chi connectivity index (χ1) is 14.7. The number of sulfonamides is 1. The Morgan fingerprint density at radius 1 is 1.16 bits per heavy atom. The van der Waals surface area contributed by atoms with Crippen LogP contribution in [0.5, 0.6) is 0 Å². The fourth-order valence-corrected chi connectivity index (χ4v) is 4.61. The van der Waals surface area contributed by atoms with Crippen molar-refractivity contribution in [3.05, 3.63) is 59.2 Å². The molecule has 2 aromatic carbocycles. The van der Waals surface area contributed by atoms with Crippen molar-refractivity contribution < 1.29 is 27.5 Å². The monoisotopic (exact) mass is 441 g/mol. The molecular weight excluding hydrogens is 422 g/mol. The lowest BCUT2D eigenvalue weighted by molar-refractivity contribution is -0.143. The molecule has 1 unspecified atom stereocenters. The van der Waals surface area contributed by atoms with Gasteiger partial charge in [0.2, 0.25) is 5.91 Å². The molecule has 160 valence electrons. The average Bonchev–Trinajstić information content (AvgIpc) is 3.01. The molecular formula is C21H19N3O6S. The zero-order valence-corrected chi connectivity index (χ0v) is 17.4. The van der Waals surface area contributed by atoms with Gasteiger partial charge in [-0.25, -0.2) is 13.2 Å². The standard InChI is InChI=1S/C21H19N3O6S/c1-12(22-20-15-4-2-3-5-18(15)31(28,29)24-20)21(27)30-11-17(25)14-6-8-16-13(10-14)7-9-19(26)23-16/h2-6,8,10,12H,7,9,11H2,1H3,(H,22,24)(H,23,26). The molecule has 0 saturated carbocycles. The van der Waals surface area contributed by atoms with E-state index in [0.29, 0.717) is 29.7 Å². The number of fused-ring (bicyclic) bond motifs is 2. The number of nitrogens with zero attached hydrogens (tertiary/aromatic N) is 1. The maximum atomic E-state index is 12.4. The maximum Gasteiger partial charge on any atom is 0.331 e. The molecule has 0 radical (unpaired) electrons. The van der Waals surface area contributed by atoms with Crippen LogP contribution >= 0.6 is 0 Å². The van der Waals surface area contributed by atoms with Crippen molar-refractivity contribution in [1.29, 1.82) is 0 Å². The molecule has 1 amide bonds. The van der Waals surface area contributed by atoms with E-state index in [1.165, 1.54) is 13.0 Å². The molecule has 2 aromatic rings. The van der Waals surface area contributed by atoms with Crippen LogP contribution in [-0.2, 0) is 30.8 Å². The molecule has 2 N–H and O–H groups in total. The quantitative estimate of drug-likeness (QED) is 0.533. The Morgan fingerprint density at radius 2 is 1.94 bits per heavy atom. The second-order valence-corrected chi connectivity index (χ2v) is 8.86. The summed E-state index contributed by atoms with van der Waals surface area (Å²) in [5.74, 6) is -1.15. The smallest absolute Gasteiger partial charge is 0.331 e. The van der Waals surface area contributed by atoms with Crippen molar-refractivity contribution in [3.63, 3.8) is 0 Å². The summed E-state index contributed by atoms with van der Waals surface area (Å²) in [5.41, 5.74) is 2.27. The number of esters is 1. The van der Waals surface area contributed by atoms with Crippen LogP contribution in [0, 0.1) is 0 Å². The summed E-state index contributed by atoms with van der Waals surface area (Å²) >= 11 is 0. The Hall–Kier alpha value is -3.53. The van der Waals surface area contributed by atoms with Crippen LogP contribution < -0.4 is 10.0 Å². The van der Waals surface area contributed by atoms with Gasteiger partial charge in [-0.3, -0.25) is 19.3 Å². The van der Waals surface area contributed by atoms with Crippen molar-refractivity contribution >= 4 is 39.2 Å². The number of aliphatic imine (C=N–C) groups is 1. The first kappa shape index (κ1) is 20.7. The summed E-state index contributed by atoms with van der Waals surface area (Å²) in [6, 6.07) is 10.2. The van der Waals surface area contributed by atoms with E-state index in [4.69, 9.17) is 4.74 Å². The summed E-state index contributed by atoms with van der Waals surface area (Å²) < 4.78 is 31.7. The van der Waals surface area contributed by atoms with E-state index in [2.05, 4.69) is 15.0 Å². The number of ketones is 1. The second kappa shape index (κ2) is 7.95. The highest BCUT2D eigenvalue weighted by Gasteiger charge is 2.31. The van der Waals surface area contributed by atoms with E-state index >= 15 is 0 Å². The van der Waals surface area contributed by atoms with Gasteiger partial charge in [0.1, 0.15) is 11.9 Å². The van der Waals surface area contributed by atoms with Gasteiger partial charge in [-0.2, -0.15) is 0 Å². The number of ether oxygens (including phenoxy) is 1. The van der Waals surface area contributed by atoms with E-state index in [-0.39, 0.29) is 22.4 Å². The minimum atomic E-state index is -3.71. The summed E-state index contributed by atoms with van der Waals surface area (Å²) in [6.45, 7) is 0.984. The highest BCUT2D eigenvalue weighted by Crippen LogP contribution is 2.24. The first-order valence-corrected chi connectivity index (χ1v) is 11.1. The van der Waals surface area contributed by atoms with Gasteiger partial charge in [0.15, 0.2) is 12.4 Å². The molecule has 0 saturated heterocycles. The van der Waals surface area contributed by atoms with Gasteiger partial charge in [0, 0.05) is 23.2 Å². The molecule has 0 aromatic heterocycles. The molecule has 4 rings (SSSR count). The third kappa shape index (κ3) is 4.19. The minimum Gasteiger partial charge on any atom is -0.456 e. The molecule has 2 aliphatic rings. The van der Waals surface area contributed by atoms with E-state index in [9.17, 15) is 22.8 Å². The van der Waals surface area contributed by atoms with Crippen molar-refractivity contribution in [2.45, 2.75) is 30.7 Å². The van der Waals surface area contributed by atoms with Gasteiger partial charge in [-0.15, -0.1) is 0 Å². The lowest BCUT2D eigenvalue weighted by Crippen LogP contribution is -2.27. The lowest BCUT2D eigenvalue weighted by atomic mass is 9.99. The first-order valence-electron chi connectivity index (χ1n) is 9.57. The molecule has 0 fully saturated rings. The third-order valence-corrected chi connectivity index (χ3v) is 6.39. The highest BCUT2D eigenvalue weighted by molar-refractivity contribution is 7.90. The Labute approximate surface area is 178 Å². The van der Waals surface area contributed by atoms with Gasteiger partial charge >= 0.3 is 5.97 Å². The second-order valence-electron chi connectivity index (χ2n) is 7.21. The van der Waals surface area contributed by atoms with Gasteiger partial charge in [-0.05, 0) is 49.2 Å². The summed E-state index contributed by atoms with van der Waals surface area (Å²) in [4.78, 5) is 40.4. The molecule has 0 spiro atoms. The number of benzene rings is 2. The fraction of sp³-hybridized carbons (Fsp3) is 0.238. The molecule has 9 nitrogen and oxygen atoms in total. The number of carbonyl (C=O) groups excluding carboxylic acids is 3. The number of nitrogens with one attached hydrogen (secondary N) is 2. The van der Waals surface area contributed by atoms with E-state index in [1.807, 2.05) is 0 Å². The molecule has 2 aliphatic heterocycles. The van der Waals surface area contributed by atoms with Crippen molar-refractivity contribution in [2.24, 2.45) is 4.99 Å². The molecule has 1 atom stereocenters. The Morgan fingerprint density at radius 3 is 2.74 bits per heavy atom.